The molecule has 0 aliphatic carbocycles. The van der Waals surface area contributed by atoms with E-state index < -0.39 is 0 Å². The van der Waals surface area contributed by atoms with Gasteiger partial charge in [-0.1, -0.05) is 94.4 Å². The summed E-state index contributed by atoms with van der Waals surface area (Å²) in [6.45, 7) is 18.6. The van der Waals surface area contributed by atoms with Crippen molar-refractivity contribution in [3.05, 3.63) is 131 Å². The number of nitrogens with zero attached hydrogens (tertiary/aromatic N) is 4. The summed E-state index contributed by atoms with van der Waals surface area (Å²) in [4.78, 5) is 8.35. The van der Waals surface area contributed by atoms with Gasteiger partial charge in [0.25, 0.3) is 5.82 Å². The molecule has 0 aliphatic rings. The molecular formula is C41H37N4O+. The third-order valence-electron chi connectivity index (χ3n) is 8.98. The number of fused-ring (bicyclic) bond motifs is 2. The number of imidazole rings is 1. The molecule has 0 unspecified atom stereocenters. The minimum Gasteiger partial charge on any atom is -0.436 e. The van der Waals surface area contributed by atoms with E-state index in [-0.39, 0.29) is 0 Å². The molecule has 2 heterocycles. The van der Waals surface area contributed by atoms with E-state index in [1.54, 1.807) is 12.1 Å². The zero-order valence-electron chi connectivity index (χ0n) is 27.2. The monoisotopic (exact) mass is 601 g/mol. The largest absolute Gasteiger partial charge is 0.436 e. The van der Waals surface area contributed by atoms with Gasteiger partial charge in [-0.15, -0.1) is 0 Å². The van der Waals surface area contributed by atoms with Crippen molar-refractivity contribution in [2.45, 2.75) is 46.5 Å². The van der Waals surface area contributed by atoms with Crippen LogP contribution in [-0.4, -0.2) is 9.55 Å². The van der Waals surface area contributed by atoms with Gasteiger partial charge in [0.05, 0.1) is 19.2 Å². The van der Waals surface area contributed by atoms with Crippen LogP contribution in [0.1, 0.15) is 56.2 Å². The highest BCUT2D eigenvalue weighted by molar-refractivity contribution is 5.87. The predicted octanol–water partition coefficient (Wildman–Crippen LogP) is 10.7. The third kappa shape index (κ3) is 4.87. The maximum atomic E-state index is 7.28. The first-order valence-corrected chi connectivity index (χ1v) is 15.9. The fourth-order valence-electron chi connectivity index (χ4n) is 6.58. The average Bonchev–Trinajstić information content (AvgIpc) is 3.61. The van der Waals surface area contributed by atoms with E-state index in [2.05, 4.69) is 135 Å². The van der Waals surface area contributed by atoms with E-state index in [0.29, 0.717) is 23.4 Å². The van der Waals surface area contributed by atoms with Crippen molar-refractivity contribution in [2.75, 3.05) is 0 Å². The first-order chi connectivity index (χ1) is 22.2. The molecule has 0 radical (unpaired) electrons. The van der Waals surface area contributed by atoms with Gasteiger partial charge in [0.15, 0.2) is 22.3 Å². The molecule has 0 amide bonds. The molecule has 0 fully saturated rings. The van der Waals surface area contributed by atoms with Crippen molar-refractivity contribution < 1.29 is 8.98 Å². The van der Waals surface area contributed by atoms with Gasteiger partial charge < -0.3 is 4.42 Å². The summed E-state index contributed by atoms with van der Waals surface area (Å²) in [5.41, 5.74) is 13.9. The Morgan fingerprint density at radius 2 is 1.41 bits per heavy atom. The van der Waals surface area contributed by atoms with Crippen LogP contribution in [0.25, 0.3) is 66.6 Å². The van der Waals surface area contributed by atoms with Crippen molar-refractivity contribution in [3.8, 4) is 39.7 Å². The van der Waals surface area contributed by atoms with Crippen LogP contribution in [-0.2, 0) is 7.05 Å². The molecular weight excluding hydrogens is 564 g/mol. The standard InChI is InChI=1S/C41H37N4O/c1-25(2)32-22-30(28-13-9-8-10-14-28)23-33(26(3)4)39(32)45-37-16-12-11-15-36(37)44(7)41(45)34-24-38-35(21-27(34)5)43-40(46-38)29-17-19-31(42-6)20-18-29/h8-26H,1-5,7H3/q+1. The summed E-state index contributed by atoms with van der Waals surface area (Å²) in [5.74, 6) is 2.24. The van der Waals surface area contributed by atoms with Crippen LogP contribution in [0, 0.1) is 13.5 Å². The van der Waals surface area contributed by atoms with Crippen molar-refractivity contribution in [1.29, 1.82) is 0 Å². The summed E-state index contributed by atoms with van der Waals surface area (Å²) in [7, 11) is 2.16. The van der Waals surface area contributed by atoms with Gasteiger partial charge in [-0.05, 0) is 71.8 Å². The Morgan fingerprint density at radius 3 is 2.07 bits per heavy atom. The van der Waals surface area contributed by atoms with Crippen molar-refractivity contribution in [1.82, 2.24) is 9.55 Å². The molecule has 5 aromatic carbocycles. The van der Waals surface area contributed by atoms with Crippen molar-refractivity contribution in [3.63, 3.8) is 0 Å². The van der Waals surface area contributed by atoms with Gasteiger partial charge in [0.2, 0.25) is 5.89 Å². The Morgan fingerprint density at radius 1 is 0.761 bits per heavy atom. The number of rotatable bonds is 6. The van der Waals surface area contributed by atoms with Gasteiger partial charge in [-0.3, -0.25) is 0 Å². The highest BCUT2D eigenvalue weighted by Gasteiger charge is 2.32. The van der Waals surface area contributed by atoms with Gasteiger partial charge in [0, 0.05) is 16.7 Å². The van der Waals surface area contributed by atoms with Crippen LogP contribution < -0.4 is 4.57 Å². The fraction of sp³-hybridized carbons (Fsp3) is 0.195. The highest BCUT2D eigenvalue weighted by Crippen LogP contribution is 2.41. The molecule has 46 heavy (non-hydrogen) atoms. The van der Waals surface area contributed by atoms with Gasteiger partial charge in [-0.2, -0.15) is 4.57 Å². The average molecular weight is 602 g/mol. The molecule has 5 nitrogen and oxygen atoms in total. The molecule has 5 heteroatoms. The molecule has 0 N–H and O–H groups in total. The van der Waals surface area contributed by atoms with Crippen molar-refractivity contribution in [2.24, 2.45) is 7.05 Å². The van der Waals surface area contributed by atoms with E-state index in [1.165, 1.54) is 27.9 Å². The van der Waals surface area contributed by atoms with E-state index >= 15 is 0 Å². The van der Waals surface area contributed by atoms with E-state index in [4.69, 9.17) is 16.0 Å². The van der Waals surface area contributed by atoms with Crippen LogP contribution >= 0.6 is 0 Å². The minimum absolute atomic E-state index is 0.296. The summed E-state index contributed by atoms with van der Waals surface area (Å²) in [5, 5.41) is 0. The number of aromatic nitrogens is 3. The maximum absolute atomic E-state index is 7.28. The lowest BCUT2D eigenvalue weighted by Crippen LogP contribution is -2.30. The second-order valence-corrected chi connectivity index (χ2v) is 12.7. The molecule has 0 saturated heterocycles. The third-order valence-corrected chi connectivity index (χ3v) is 8.98. The quantitative estimate of drug-likeness (QED) is 0.140. The second kappa shape index (κ2) is 11.5. The predicted molar refractivity (Wildman–Crippen MR) is 188 cm³/mol. The minimum atomic E-state index is 0.296. The van der Waals surface area contributed by atoms with Crippen LogP contribution in [0.4, 0.5) is 5.69 Å². The Labute approximate surface area is 270 Å². The lowest BCUT2D eigenvalue weighted by atomic mass is 9.88. The van der Waals surface area contributed by atoms with Crippen LogP contribution in [0.15, 0.2) is 108 Å². The molecule has 7 rings (SSSR count). The van der Waals surface area contributed by atoms with Crippen LogP contribution in [0.2, 0.25) is 0 Å². The second-order valence-electron chi connectivity index (χ2n) is 12.7. The highest BCUT2D eigenvalue weighted by atomic mass is 16.3. The van der Waals surface area contributed by atoms with Gasteiger partial charge in [0.1, 0.15) is 11.2 Å². The molecule has 0 bridgehead atoms. The topological polar surface area (TPSA) is 39.2 Å². The van der Waals surface area contributed by atoms with Crippen LogP contribution in [0.3, 0.4) is 0 Å². The maximum Gasteiger partial charge on any atom is 0.295 e. The molecule has 7 aromatic rings. The summed E-state index contributed by atoms with van der Waals surface area (Å²) in [6, 6.07) is 35.8. The number of hydrogen-bond acceptors (Lipinski definition) is 2. The number of benzene rings is 5. The van der Waals surface area contributed by atoms with Crippen molar-refractivity contribution >= 4 is 27.8 Å². The molecule has 0 atom stereocenters. The normalized spacial score (nSPS) is 11.6. The lowest BCUT2D eigenvalue weighted by molar-refractivity contribution is -0.633. The summed E-state index contributed by atoms with van der Waals surface area (Å²) >= 11 is 0. The number of aryl methyl sites for hydroxylation is 2. The smallest absolute Gasteiger partial charge is 0.295 e. The number of oxazole rings is 1. The van der Waals surface area contributed by atoms with Gasteiger partial charge in [-0.25, -0.2) is 14.4 Å². The van der Waals surface area contributed by atoms with E-state index in [9.17, 15) is 0 Å². The first-order valence-electron chi connectivity index (χ1n) is 15.9. The molecule has 2 aromatic heterocycles. The molecule has 0 spiro atoms. The Kier molecular flexibility index (Phi) is 7.29. The molecule has 226 valence electrons. The SMILES string of the molecule is [C-]#[N+]c1ccc(-c2nc3cc(C)c(-c4n(-c5c(C(C)C)cc(-c6ccccc6)cc5C(C)C)c5ccccc5[n+]4C)cc3o2)cc1. The Balaban J connectivity index is 1.51. The first kappa shape index (κ1) is 29.3. The van der Waals surface area contributed by atoms with E-state index in [1.807, 2.05) is 12.1 Å². The lowest BCUT2D eigenvalue weighted by Gasteiger charge is -2.21. The summed E-state index contributed by atoms with van der Waals surface area (Å²) < 4.78 is 11.2. The van der Waals surface area contributed by atoms with Crippen LogP contribution in [0.5, 0.6) is 0 Å². The van der Waals surface area contributed by atoms with Gasteiger partial charge >= 0.3 is 0 Å². The Hall–Kier alpha value is -5.47. The molecule has 0 aliphatic heterocycles. The number of hydrogen-bond donors (Lipinski definition) is 0. The fourth-order valence-corrected chi connectivity index (χ4v) is 6.58. The summed E-state index contributed by atoms with van der Waals surface area (Å²) in [6.07, 6.45) is 0. The van der Waals surface area contributed by atoms with E-state index in [0.717, 1.165) is 44.6 Å². The number of para-hydroxylation sites is 2. The zero-order chi connectivity index (χ0) is 32.1. The molecule has 0 saturated carbocycles. The Bertz CT molecular complexity index is 2250. The zero-order valence-corrected chi connectivity index (χ0v) is 27.2.